The lowest BCUT2D eigenvalue weighted by atomic mass is 10.1. The fraction of sp³-hybridized carbons (Fsp3) is 0.375. The van der Waals surface area contributed by atoms with E-state index in [-0.39, 0.29) is 29.3 Å². The molecule has 0 aromatic heterocycles. The molecule has 0 unspecified atom stereocenters. The highest BCUT2D eigenvalue weighted by atomic mass is 35.5. The topological polar surface area (TPSA) is 105 Å². The van der Waals surface area contributed by atoms with Crippen LogP contribution >= 0.6 is 23.2 Å². The molecule has 1 atom stereocenters. The predicted molar refractivity (Wildman–Crippen MR) is 174 cm³/mol. The van der Waals surface area contributed by atoms with Crippen molar-refractivity contribution in [2.45, 2.75) is 64.1 Å². The lowest BCUT2D eigenvalue weighted by Crippen LogP contribution is -2.55. The number of sulfonamides is 1. The van der Waals surface area contributed by atoms with Crippen molar-refractivity contribution in [3.63, 3.8) is 0 Å². The summed E-state index contributed by atoms with van der Waals surface area (Å²) in [5.41, 5.74) is 0.793. The number of anilines is 1. The van der Waals surface area contributed by atoms with Gasteiger partial charge in [-0.2, -0.15) is 0 Å². The minimum absolute atomic E-state index is 0.0287. The van der Waals surface area contributed by atoms with Gasteiger partial charge < -0.3 is 19.7 Å². The Bertz CT molecular complexity index is 1570. The Balaban J connectivity index is 2.20. The minimum Gasteiger partial charge on any atom is -0.497 e. The molecule has 0 fully saturated rings. The molecule has 0 spiro atoms. The third kappa shape index (κ3) is 8.37. The first-order valence-corrected chi connectivity index (χ1v) is 16.2. The van der Waals surface area contributed by atoms with Crippen molar-refractivity contribution in [3.05, 3.63) is 81.8 Å². The van der Waals surface area contributed by atoms with Gasteiger partial charge in [-0.1, -0.05) is 53.9 Å². The van der Waals surface area contributed by atoms with Crippen LogP contribution in [0.4, 0.5) is 5.69 Å². The number of halogens is 2. The van der Waals surface area contributed by atoms with Gasteiger partial charge in [0, 0.05) is 33.8 Å². The molecule has 3 aromatic carbocycles. The molecule has 9 nitrogen and oxygen atoms in total. The highest BCUT2D eigenvalue weighted by molar-refractivity contribution is 7.92. The molecule has 12 heteroatoms. The van der Waals surface area contributed by atoms with Gasteiger partial charge in [0.05, 0.1) is 24.8 Å². The van der Waals surface area contributed by atoms with Gasteiger partial charge in [0.25, 0.3) is 10.0 Å². The Labute approximate surface area is 270 Å². The summed E-state index contributed by atoms with van der Waals surface area (Å²) in [5, 5.41) is 3.54. The first-order chi connectivity index (χ1) is 20.6. The molecule has 1 N–H and O–H groups in total. The summed E-state index contributed by atoms with van der Waals surface area (Å²) in [7, 11) is -1.48. The largest absolute Gasteiger partial charge is 0.497 e. The van der Waals surface area contributed by atoms with Crippen LogP contribution in [-0.2, 0) is 26.2 Å². The van der Waals surface area contributed by atoms with Crippen LogP contribution in [0.2, 0.25) is 10.0 Å². The van der Waals surface area contributed by atoms with E-state index in [4.69, 9.17) is 32.7 Å². The van der Waals surface area contributed by atoms with Gasteiger partial charge in [0.1, 0.15) is 24.1 Å². The van der Waals surface area contributed by atoms with Gasteiger partial charge in [-0.15, -0.1) is 0 Å². The van der Waals surface area contributed by atoms with Crippen LogP contribution in [0.1, 0.15) is 45.2 Å². The Hall–Kier alpha value is -3.47. The number of hydrogen-bond acceptors (Lipinski definition) is 6. The number of rotatable bonds is 12. The smallest absolute Gasteiger partial charge is 0.264 e. The van der Waals surface area contributed by atoms with E-state index in [0.717, 1.165) is 9.87 Å². The quantitative estimate of drug-likeness (QED) is 0.246. The highest BCUT2D eigenvalue weighted by Crippen LogP contribution is 2.36. The Morgan fingerprint density at radius 3 is 2.09 bits per heavy atom. The average Bonchev–Trinajstić information content (AvgIpc) is 2.96. The monoisotopic (exact) mass is 663 g/mol. The summed E-state index contributed by atoms with van der Waals surface area (Å²) < 4.78 is 40.3. The number of benzene rings is 3. The summed E-state index contributed by atoms with van der Waals surface area (Å²) in [6.45, 7) is 8.31. The van der Waals surface area contributed by atoms with Gasteiger partial charge in [-0.3, -0.25) is 13.9 Å². The number of methoxy groups -OCH3 is 2. The van der Waals surface area contributed by atoms with E-state index in [1.165, 1.54) is 37.3 Å². The SMILES string of the molecule is CC[C@@H](C(=O)NC(C)(C)C)N(Cc1c(Cl)cccc1Cl)C(=O)CN(c1cc(OC)ccc1OC)S(=O)(=O)c1ccc(C)cc1. The summed E-state index contributed by atoms with van der Waals surface area (Å²) in [6, 6.07) is 14.9. The van der Waals surface area contributed by atoms with Crippen molar-refractivity contribution in [1.82, 2.24) is 10.2 Å². The molecule has 0 heterocycles. The number of ether oxygens (including phenoxy) is 2. The molecule has 2 amide bonds. The molecule has 0 aliphatic carbocycles. The molecule has 0 aliphatic rings. The molecule has 238 valence electrons. The van der Waals surface area contributed by atoms with Gasteiger partial charge >= 0.3 is 0 Å². The van der Waals surface area contributed by atoms with E-state index in [9.17, 15) is 18.0 Å². The second-order valence-electron chi connectivity index (χ2n) is 11.2. The average molecular weight is 665 g/mol. The predicted octanol–water partition coefficient (Wildman–Crippen LogP) is 6.24. The van der Waals surface area contributed by atoms with Crippen molar-refractivity contribution in [2.24, 2.45) is 0 Å². The summed E-state index contributed by atoms with van der Waals surface area (Å²) in [5.74, 6) is -0.499. The second-order valence-corrected chi connectivity index (χ2v) is 13.9. The normalized spacial score (nSPS) is 12.3. The van der Waals surface area contributed by atoms with E-state index in [0.29, 0.717) is 21.4 Å². The van der Waals surface area contributed by atoms with E-state index in [2.05, 4.69) is 5.32 Å². The lowest BCUT2D eigenvalue weighted by Gasteiger charge is -2.35. The van der Waals surface area contributed by atoms with Crippen LogP contribution in [0.3, 0.4) is 0 Å². The summed E-state index contributed by atoms with van der Waals surface area (Å²) >= 11 is 13.0. The molecule has 0 radical (unpaired) electrons. The summed E-state index contributed by atoms with van der Waals surface area (Å²) in [6.07, 6.45) is 0.239. The molecule has 3 rings (SSSR count). The molecular formula is C32H39Cl2N3O6S. The number of aryl methyl sites for hydroxylation is 1. The zero-order valence-corrected chi connectivity index (χ0v) is 28.3. The molecule has 0 saturated carbocycles. The highest BCUT2D eigenvalue weighted by Gasteiger charge is 2.36. The minimum atomic E-state index is -4.33. The van der Waals surface area contributed by atoms with Crippen LogP contribution in [0, 0.1) is 6.92 Å². The first-order valence-electron chi connectivity index (χ1n) is 14.0. The Kier molecular flexibility index (Phi) is 11.6. The number of carbonyl (C=O) groups is 2. The van der Waals surface area contributed by atoms with Gasteiger partial charge in [-0.05, 0) is 70.5 Å². The van der Waals surface area contributed by atoms with Crippen LogP contribution in [0.25, 0.3) is 0 Å². The van der Waals surface area contributed by atoms with Gasteiger partial charge in [0.2, 0.25) is 11.8 Å². The molecular weight excluding hydrogens is 625 g/mol. The summed E-state index contributed by atoms with van der Waals surface area (Å²) in [4.78, 5) is 29.2. The second kappa shape index (κ2) is 14.5. The zero-order chi connectivity index (χ0) is 32.8. The molecule has 0 aliphatic heterocycles. The van der Waals surface area contributed by atoms with Crippen molar-refractivity contribution >= 4 is 50.7 Å². The van der Waals surface area contributed by atoms with Crippen LogP contribution in [0.15, 0.2) is 65.6 Å². The maximum absolute atomic E-state index is 14.4. The van der Waals surface area contributed by atoms with Crippen molar-refractivity contribution < 1.29 is 27.5 Å². The fourth-order valence-corrected chi connectivity index (χ4v) is 6.50. The number of nitrogens with one attached hydrogen (secondary N) is 1. The third-order valence-corrected chi connectivity index (χ3v) is 9.30. The van der Waals surface area contributed by atoms with E-state index in [1.54, 1.807) is 49.4 Å². The molecule has 3 aromatic rings. The third-order valence-electron chi connectivity index (χ3n) is 6.82. The molecule has 44 heavy (non-hydrogen) atoms. The maximum atomic E-state index is 14.4. The van der Waals surface area contributed by atoms with E-state index in [1.807, 2.05) is 27.7 Å². The van der Waals surface area contributed by atoms with Crippen molar-refractivity contribution in [2.75, 3.05) is 25.1 Å². The number of amides is 2. The number of carbonyl (C=O) groups excluding carboxylic acids is 2. The maximum Gasteiger partial charge on any atom is 0.264 e. The van der Waals surface area contributed by atoms with E-state index < -0.39 is 40.0 Å². The first kappa shape index (κ1) is 35.0. The lowest BCUT2D eigenvalue weighted by molar-refractivity contribution is -0.141. The molecule has 0 bridgehead atoms. The molecule has 0 saturated heterocycles. The number of hydrogen-bond donors (Lipinski definition) is 1. The van der Waals surface area contributed by atoms with Crippen LogP contribution in [-0.4, -0.2) is 57.5 Å². The standard InChI is InChI=1S/C32H39Cl2N3O6S/c1-8-27(31(39)35-32(3,4)5)36(19-24-25(33)10-9-11-26(24)34)30(38)20-37(28-18-22(42-6)14-17-29(28)43-7)44(40,41)23-15-12-21(2)13-16-23/h9-18,27H,8,19-20H2,1-7H3,(H,35,39)/t27-/m0/s1. The van der Waals surface area contributed by atoms with Crippen LogP contribution in [0.5, 0.6) is 11.5 Å². The Morgan fingerprint density at radius 2 is 1.57 bits per heavy atom. The van der Waals surface area contributed by atoms with Crippen molar-refractivity contribution in [1.29, 1.82) is 0 Å². The Morgan fingerprint density at radius 1 is 0.955 bits per heavy atom. The van der Waals surface area contributed by atoms with Crippen molar-refractivity contribution in [3.8, 4) is 11.5 Å². The van der Waals surface area contributed by atoms with E-state index >= 15 is 0 Å². The van der Waals surface area contributed by atoms with Crippen LogP contribution < -0.4 is 19.1 Å². The van der Waals surface area contributed by atoms with Gasteiger partial charge in [-0.25, -0.2) is 8.42 Å². The van der Waals surface area contributed by atoms with Gasteiger partial charge in [0.15, 0.2) is 0 Å². The zero-order valence-electron chi connectivity index (χ0n) is 26.0. The number of nitrogens with zero attached hydrogens (tertiary/aromatic N) is 2. The fourth-order valence-electron chi connectivity index (χ4n) is 4.57.